The second kappa shape index (κ2) is 11.5. The number of fused-ring (bicyclic) bond motifs is 1. The van der Waals surface area contributed by atoms with E-state index in [4.69, 9.17) is 9.47 Å². The van der Waals surface area contributed by atoms with Crippen molar-refractivity contribution in [3.63, 3.8) is 0 Å². The second-order valence-electron chi connectivity index (χ2n) is 11.2. The Hall–Kier alpha value is -3.17. The van der Waals surface area contributed by atoms with Crippen LogP contribution in [-0.2, 0) is 17.6 Å². The van der Waals surface area contributed by atoms with Gasteiger partial charge in [-0.2, -0.15) is 0 Å². The standard InChI is InChI=1S/C30H36N2O5S2/c1-16(2)37-29(35)24-17(3)25(27(34)31-21-10-8-9-11-22(21)36-7)39-28(24)32-26(33)20-15-38-23-14-18(30(4,5)6)12-13-19(20)23/h8-11,15-16,18H,12-14H2,1-7H3,(H,31,34)(H,32,33). The number of hydrogen-bond donors (Lipinski definition) is 2. The van der Waals surface area contributed by atoms with Gasteiger partial charge in [-0.3, -0.25) is 9.59 Å². The lowest BCUT2D eigenvalue weighted by molar-refractivity contribution is 0.0379. The average molecular weight is 569 g/mol. The number of benzene rings is 1. The van der Waals surface area contributed by atoms with Crippen LogP contribution in [0.2, 0.25) is 0 Å². The molecule has 2 heterocycles. The summed E-state index contributed by atoms with van der Waals surface area (Å²) in [5, 5.41) is 8.01. The summed E-state index contributed by atoms with van der Waals surface area (Å²) in [6.07, 6.45) is 2.49. The molecule has 2 amide bonds. The number of amides is 2. The van der Waals surface area contributed by atoms with Gasteiger partial charge in [0.25, 0.3) is 11.8 Å². The Kier molecular flexibility index (Phi) is 8.51. The normalized spacial score (nSPS) is 15.0. The number of ether oxygens (including phenoxy) is 2. The number of para-hydroxylation sites is 2. The Morgan fingerprint density at radius 3 is 2.46 bits per heavy atom. The Labute approximate surface area is 237 Å². The van der Waals surface area contributed by atoms with Crippen molar-refractivity contribution in [1.29, 1.82) is 0 Å². The molecule has 1 aromatic carbocycles. The number of thiophene rings is 2. The molecular weight excluding hydrogens is 532 g/mol. The predicted molar refractivity (Wildman–Crippen MR) is 158 cm³/mol. The topological polar surface area (TPSA) is 93.7 Å². The Bertz CT molecular complexity index is 1400. The van der Waals surface area contributed by atoms with E-state index in [1.807, 2.05) is 11.4 Å². The van der Waals surface area contributed by atoms with E-state index in [-0.39, 0.29) is 23.0 Å². The van der Waals surface area contributed by atoms with E-state index in [0.717, 1.165) is 36.2 Å². The Morgan fingerprint density at radius 2 is 1.79 bits per heavy atom. The lowest BCUT2D eigenvalue weighted by atomic mass is 9.72. The van der Waals surface area contributed by atoms with E-state index in [9.17, 15) is 14.4 Å². The monoisotopic (exact) mass is 568 g/mol. The number of carbonyl (C=O) groups excluding carboxylic acids is 3. The van der Waals surface area contributed by atoms with Crippen LogP contribution < -0.4 is 15.4 Å². The van der Waals surface area contributed by atoms with Gasteiger partial charge in [-0.05, 0) is 74.6 Å². The highest BCUT2D eigenvalue weighted by Crippen LogP contribution is 2.41. The summed E-state index contributed by atoms with van der Waals surface area (Å²) in [4.78, 5) is 41.5. The van der Waals surface area contributed by atoms with Crippen LogP contribution in [0.1, 0.15) is 87.4 Å². The number of methoxy groups -OCH3 is 1. The molecule has 0 radical (unpaired) electrons. The minimum Gasteiger partial charge on any atom is -0.495 e. The summed E-state index contributed by atoms with van der Waals surface area (Å²) in [7, 11) is 1.53. The molecule has 7 nitrogen and oxygen atoms in total. The van der Waals surface area contributed by atoms with E-state index in [0.29, 0.717) is 38.4 Å². The highest BCUT2D eigenvalue weighted by atomic mass is 32.1. The van der Waals surface area contributed by atoms with E-state index < -0.39 is 11.9 Å². The van der Waals surface area contributed by atoms with E-state index in [1.54, 1.807) is 50.3 Å². The van der Waals surface area contributed by atoms with Gasteiger partial charge >= 0.3 is 5.97 Å². The molecule has 1 atom stereocenters. The molecule has 4 rings (SSSR count). The zero-order valence-electron chi connectivity index (χ0n) is 23.5. The van der Waals surface area contributed by atoms with Crippen LogP contribution in [0.25, 0.3) is 0 Å². The molecule has 1 unspecified atom stereocenters. The Morgan fingerprint density at radius 1 is 1.08 bits per heavy atom. The van der Waals surface area contributed by atoms with Crippen molar-refractivity contribution in [3.05, 3.63) is 61.7 Å². The molecule has 9 heteroatoms. The third-order valence-electron chi connectivity index (χ3n) is 7.11. The summed E-state index contributed by atoms with van der Waals surface area (Å²) in [5.41, 5.74) is 3.10. The lowest BCUT2D eigenvalue weighted by Gasteiger charge is -2.34. The van der Waals surface area contributed by atoms with Gasteiger partial charge in [-0.1, -0.05) is 32.9 Å². The summed E-state index contributed by atoms with van der Waals surface area (Å²) in [6, 6.07) is 7.09. The largest absolute Gasteiger partial charge is 0.495 e. The maximum atomic E-state index is 13.5. The Balaban J connectivity index is 1.64. The number of carbonyl (C=O) groups is 3. The zero-order valence-corrected chi connectivity index (χ0v) is 25.2. The van der Waals surface area contributed by atoms with Crippen LogP contribution in [0.4, 0.5) is 10.7 Å². The highest BCUT2D eigenvalue weighted by Gasteiger charge is 2.33. The number of hydrogen-bond acceptors (Lipinski definition) is 7. The lowest BCUT2D eigenvalue weighted by Crippen LogP contribution is -2.27. The molecule has 0 bridgehead atoms. The van der Waals surface area contributed by atoms with Crippen LogP contribution in [0.5, 0.6) is 5.75 Å². The van der Waals surface area contributed by atoms with Crippen molar-refractivity contribution in [2.75, 3.05) is 17.7 Å². The van der Waals surface area contributed by atoms with E-state index >= 15 is 0 Å². The van der Waals surface area contributed by atoms with Gasteiger partial charge < -0.3 is 20.1 Å². The van der Waals surface area contributed by atoms with Gasteiger partial charge in [-0.15, -0.1) is 22.7 Å². The molecule has 1 aliphatic carbocycles. The number of nitrogens with one attached hydrogen (secondary N) is 2. The van der Waals surface area contributed by atoms with Crippen LogP contribution in [0, 0.1) is 18.3 Å². The first kappa shape index (κ1) is 28.8. The molecule has 1 aliphatic rings. The van der Waals surface area contributed by atoms with Gasteiger partial charge in [-0.25, -0.2) is 4.79 Å². The third kappa shape index (κ3) is 6.20. The summed E-state index contributed by atoms with van der Waals surface area (Å²) in [6.45, 7) is 12.0. The average Bonchev–Trinajstić information content (AvgIpc) is 3.43. The SMILES string of the molecule is COc1ccccc1NC(=O)c1sc(NC(=O)c2csc3c2CCC(C(C)(C)C)C3)c(C(=O)OC(C)C)c1C. The highest BCUT2D eigenvalue weighted by molar-refractivity contribution is 7.19. The molecule has 208 valence electrons. The first-order valence-corrected chi connectivity index (χ1v) is 14.8. The smallest absolute Gasteiger partial charge is 0.341 e. The fourth-order valence-corrected chi connectivity index (χ4v) is 7.12. The van der Waals surface area contributed by atoms with Crippen LogP contribution in [0.15, 0.2) is 29.6 Å². The van der Waals surface area contributed by atoms with Crippen LogP contribution >= 0.6 is 22.7 Å². The maximum absolute atomic E-state index is 13.5. The zero-order chi connectivity index (χ0) is 28.5. The van der Waals surface area contributed by atoms with Crippen molar-refractivity contribution in [3.8, 4) is 5.75 Å². The fourth-order valence-electron chi connectivity index (χ4n) is 4.88. The molecule has 3 aromatic rings. The van der Waals surface area contributed by atoms with E-state index in [2.05, 4.69) is 31.4 Å². The van der Waals surface area contributed by atoms with Crippen molar-refractivity contribution in [2.45, 2.75) is 66.9 Å². The van der Waals surface area contributed by atoms with Gasteiger partial charge in [0, 0.05) is 10.3 Å². The van der Waals surface area contributed by atoms with Gasteiger partial charge in [0.2, 0.25) is 0 Å². The number of esters is 1. The minimum absolute atomic E-state index is 0.198. The van der Waals surface area contributed by atoms with Crippen molar-refractivity contribution >= 4 is 51.1 Å². The summed E-state index contributed by atoms with van der Waals surface area (Å²) < 4.78 is 10.8. The molecular formula is C30H36N2O5S2. The molecule has 0 aliphatic heterocycles. The fraction of sp³-hybridized carbons (Fsp3) is 0.433. The van der Waals surface area contributed by atoms with Crippen LogP contribution in [0.3, 0.4) is 0 Å². The van der Waals surface area contributed by atoms with Gasteiger partial charge in [0.15, 0.2) is 0 Å². The molecule has 0 saturated heterocycles. The first-order valence-electron chi connectivity index (χ1n) is 13.1. The quantitative estimate of drug-likeness (QED) is 0.291. The molecule has 0 saturated carbocycles. The van der Waals surface area contributed by atoms with Crippen molar-refractivity contribution in [2.24, 2.45) is 11.3 Å². The third-order valence-corrected chi connectivity index (χ3v) is 9.36. The first-order chi connectivity index (χ1) is 18.4. The van der Waals surface area contributed by atoms with Crippen molar-refractivity contribution in [1.82, 2.24) is 0 Å². The van der Waals surface area contributed by atoms with Gasteiger partial charge in [0.1, 0.15) is 10.8 Å². The minimum atomic E-state index is -0.578. The van der Waals surface area contributed by atoms with E-state index in [1.165, 1.54) is 12.0 Å². The molecule has 0 fully saturated rings. The number of anilines is 2. The molecule has 2 aromatic heterocycles. The molecule has 39 heavy (non-hydrogen) atoms. The maximum Gasteiger partial charge on any atom is 0.341 e. The number of rotatable bonds is 7. The van der Waals surface area contributed by atoms with Crippen molar-refractivity contribution < 1.29 is 23.9 Å². The molecule has 2 N–H and O–H groups in total. The van der Waals surface area contributed by atoms with Crippen LogP contribution in [-0.4, -0.2) is 31.0 Å². The summed E-state index contributed by atoms with van der Waals surface area (Å²) in [5.74, 6) is -0.170. The predicted octanol–water partition coefficient (Wildman–Crippen LogP) is 7.35. The second-order valence-corrected chi connectivity index (χ2v) is 13.2. The summed E-state index contributed by atoms with van der Waals surface area (Å²) >= 11 is 2.69. The molecule has 0 spiro atoms. The van der Waals surface area contributed by atoms with Gasteiger partial charge in [0.05, 0.1) is 34.9 Å².